The second-order valence-electron chi connectivity index (χ2n) is 10.0. The predicted molar refractivity (Wildman–Crippen MR) is 144 cm³/mol. The molecule has 2 aliphatic heterocycles. The minimum Gasteiger partial charge on any atom is -0.368 e. The van der Waals surface area contributed by atoms with E-state index in [0.717, 1.165) is 79.8 Å². The Morgan fingerprint density at radius 3 is 2.60 bits per heavy atom. The molecule has 2 aromatic rings. The summed E-state index contributed by atoms with van der Waals surface area (Å²) in [5.74, 6) is 0.000212. The van der Waals surface area contributed by atoms with E-state index in [0.29, 0.717) is 12.6 Å². The Labute approximate surface area is 211 Å². The number of hydrogen-bond donors (Lipinski definition) is 1. The lowest BCUT2D eigenvalue weighted by Crippen LogP contribution is -2.49. The second-order valence-corrected chi connectivity index (χ2v) is 10.0. The Morgan fingerprint density at radius 1 is 1.11 bits per heavy atom. The number of allylic oxidation sites excluding steroid dienone is 2. The van der Waals surface area contributed by atoms with E-state index in [-0.39, 0.29) is 5.91 Å². The van der Waals surface area contributed by atoms with E-state index in [1.165, 1.54) is 11.3 Å². The number of amides is 1. The number of aromatic nitrogens is 1. The van der Waals surface area contributed by atoms with Gasteiger partial charge in [-0.1, -0.05) is 18.2 Å². The van der Waals surface area contributed by atoms with Crippen LogP contribution in [0, 0.1) is 13.8 Å². The summed E-state index contributed by atoms with van der Waals surface area (Å²) in [7, 11) is 4.24. The predicted octanol–water partition coefficient (Wildman–Crippen LogP) is 4.44. The largest absolute Gasteiger partial charge is 0.368 e. The first-order valence-corrected chi connectivity index (χ1v) is 13.1. The summed E-state index contributed by atoms with van der Waals surface area (Å²) >= 11 is 0. The number of carbonyl (C=O) groups is 1. The smallest absolute Gasteiger partial charge is 0.251 e. The van der Waals surface area contributed by atoms with E-state index in [1.54, 1.807) is 0 Å². The van der Waals surface area contributed by atoms with Gasteiger partial charge in [-0.05, 0) is 87.8 Å². The zero-order chi connectivity index (χ0) is 24.9. The average molecular weight is 476 g/mol. The monoisotopic (exact) mass is 475 g/mol. The lowest BCUT2D eigenvalue weighted by atomic mass is 9.95. The average Bonchev–Trinajstić information content (AvgIpc) is 2.83. The number of rotatable bonds is 4. The molecule has 0 unspecified atom stereocenters. The highest BCUT2D eigenvalue weighted by Gasteiger charge is 2.27. The molecule has 0 atom stereocenters. The maximum absolute atomic E-state index is 13.5. The molecule has 1 saturated heterocycles. The van der Waals surface area contributed by atoms with Crippen LogP contribution in [0.25, 0.3) is 0 Å². The van der Waals surface area contributed by atoms with E-state index < -0.39 is 0 Å². The Morgan fingerprint density at radius 2 is 1.89 bits per heavy atom. The molecule has 4 rings (SSSR count). The summed E-state index contributed by atoms with van der Waals surface area (Å²) in [5.41, 5.74) is 7.62. The van der Waals surface area contributed by atoms with E-state index in [2.05, 4.69) is 70.5 Å². The number of anilines is 1. The highest BCUT2D eigenvalue weighted by molar-refractivity contribution is 5.97. The minimum atomic E-state index is 0.000212. The lowest BCUT2D eigenvalue weighted by molar-refractivity contribution is 0.00235. The molecule has 0 aliphatic carbocycles. The SMILES string of the molecule is CCN(c1cccc2c1C/C=C/CCc1cc(C)nc(C)c1CNC2=O)C1CCN(N(C)C)CC1. The molecule has 3 heterocycles. The van der Waals surface area contributed by atoms with Crippen LogP contribution >= 0.6 is 0 Å². The third kappa shape index (κ3) is 5.76. The normalized spacial score (nSPS) is 18.7. The second kappa shape index (κ2) is 11.4. The molecular weight excluding hydrogens is 434 g/mol. The topological polar surface area (TPSA) is 51.7 Å². The van der Waals surface area contributed by atoms with Gasteiger partial charge in [-0.15, -0.1) is 0 Å². The van der Waals surface area contributed by atoms with Crippen molar-refractivity contribution in [3.8, 4) is 0 Å². The van der Waals surface area contributed by atoms with Crippen molar-refractivity contribution in [1.29, 1.82) is 0 Å². The van der Waals surface area contributed by atoms with Gasteiger partial charge >= 0.3 is 0 Å². The Bertz CT molecular complexity index is 1070. The number of hydrazine groups is 1. The van der Waals surface area contributed by atoms with Crippen LogP contribution in [-0.2, 0) is 19.4 Å². The van der Waals surface area contributed by atoms with Crippen LogP contribution in [0.15, 0.2) is 36.4 Å². The van der Waals surface area contributed by atoms with Gasteiger partial charge in [-0.25, -0.2) is 10.0 Å². The van der Waals surface area contributed by atoms with Crippen molar-refractivity contribution < 1.29 is 4.79 Å². The number of hydrogen-bond acceptors (Lipinski definition) is 5. The zero-order valence-electron chi connectivity index (χ0n) is 22.1. The van der Waals surface area contributed by atoms with E-state index in [9.17, 15) is 4.79 Å². The number of piperidine rings is 1. The number of carbonyl (C=O) groups excluding carboxylic acids is 1. The van der Waals surface area contributed by atoms with Crippen LogP contribution in [0.3, 0.4) is 0 Å². The lowest BCUT2D eigenvalue weighted by Gasteiger charge is -2.42. The van der Waals surface area contributed by atoms with Gasteiger partial charge in [0.1, 0.15) is 0 Å². The Balaban J connectivity index is 1.64. The zero-order valence-corrected chi connectivity index (χ0v) is 22.1. The first kappa shape index (κ1) is 25.4. The van der Waals surface area contributed by atoms with Crippen molar-refractivity contribution in [2.24, 2.45) is 0 Å². The van der Waals surface area contributed by atoms with Crippen molar-refractivity contribution >= 4 is 11.6 Å². The van der Waals surface area contributed by atoms with Crippen molar-refractivity contribution in [2.75, 3.05) is 38.6 Å². The fraction of sp³-hybridized carbons (Fsp3) is 0.517. The van der Waals surface area contributed by atoms with Gasteiger partial charge in [0, 0.05) is 69.0 Å². The summed E-state index contributed by atoms with van der Waals surface area (Å²) in [4.78, 5) is 20.7. The van der Waals surface area contributed by atoms with Crippen molar-refractivity contribution in [2.45, 2.75) is 65.5 Å². The van der Waals surface area contributed by atoms with Gasteiger partial charge in [0.2, 0.25) is 0 Å². The van der Waals surface area contributed by atoms with E-state index in [1.807, 2.05) is 26.0 Å². The molecule has 0 spiro atoms. The summed E-state index contributed by atoms with van der Waals surface area (Å²) < 4.78 is 0. The molecule has 188 valence electrons. The van der Waals surface area contributed by atoms with Crippen LogP contribution in [0.5, 0.6) is 0 Å². The highest BCUT2D eigenvalue weighted by Crippen LogP contribution is 2.30. The third-order valence-corrected chi connectivity index (χ3v) is 7.54. The van der Waals surface area contributed by atoms with Crippen molar-refractivity contribution in [1.82, 2.24) is 20.3 Å². The molecule has 6 nitrogen and oxygen atoms in total. The molecule has 6 heteroatoms. The van der Waals surface area contributed by atoms with Gasteiger partial charge in [-0.2, -0.15) is 0 Å². The number of nitrogens with zero attached hydrogens (tertiary/aromatic N) is 4. The fourth-order valence-electron chi connectivity index (χ4n) is 5.68. The summed E-state index contributed by atoms with van der Waals surface area (Å²) in [6.07, 6.45) is 9.50. The molecule has 1 amide bonds. The van der Waals surface area contributed by atoms with Crippen LogP contribution in [0.4, 0.5) is 5.69 Å². The van der Waals surface area contributed by atoms with Crippen molar-refractivity contribution in [3.63, 3.8) is 0 Å². The molecule has 2 aliphatic rings. The highest BCUT2D eigenvalue weighted by atomic mass is 16.1. The quantitative estimate of drug-likeness (QED) is 0.663. The number of nitrogens with one attached hydrogen (secondary N) is 1. The van der Waals surface area contributed by atoms with Crippen LogP contribution in [0.2, 0.25) is 0 Å². The third-order valence-electron chi connectivity index (χ3n) is 7.54. The summed E-state index contributed by atoms with van der Waals surface area (Å²) in [6.45, 7) is 9.91. The van der Waals surface area contributed by atoms with Gasteiger partial charge < -0.3 is 10.2 Å². The first-order valence-electron chi connectivity index (χ1n) is 13.1. The van der Waals surface area contributed by atoms with Gasteiger partial charge in [0.05, 0.1) is 0 Å². The number of pyridine rings is 1. The number of fused-ring (bicyclic) bond motifs is 2. The molecular formula is C29H41N5O. The van der Waals surface area contributed by atoms with Crippen LogP contribution in [-0.4, -0.2) is 60.7 Å². The standard InChI is InChI=1S/C29H41N5O/c1-6-34(24-15-17-33(18-16-24)32(4)5)28-14-10-13-26-25(28)12-9-7-8-11-23-19-21(2)31-22(3)27(23)20-30-29(26)35/h7,9-10,13-14,19,24H,6,8,11-12,15-18,20H2,1-5H3,(H,30,35)/b9-7+. The molecule has 1 N–H and O–H groups in total. The van der Waals surface area contributed by atoms with Gasteiger partial charge in [0.15, 0.2) is 0 Å². The van der Waals surface area contributed by atoms with Crippen LogP contribution < -0.4 is 10.2 Å². The first-order chi connectivity index (χ1) is 16.9. The molecule has 35 heavy (non-hydrogen) atoms. The molecule has 0 saturated carbocycles. The Hall–Kier alpha value is -2.70. The van der Waals surface area contributed by atoms with Gasteiger partial charge in [-0.3, -0.25) is 9.78 Å². The van der Waals surface area contributed by atoms with E-state index in [4.69, 9.17) is 0 Å². The maximum Gasteiger partial charge on any atom is 0.251 e. The molecule has 0 radical (unpaired) electrons. The number of benzene rings is 1. The van der Waals surface area contributed by atoms with E-state index >= 15 is 0 Å². The Kier molecular flexibility index (Phi) is 8.24. The number of aryl methyl sites for hydroxylation is 3. The fourth-order valence-corrected chi connectivity index (χ4v) is 5.68. The van der Waals surface area contributed by atoms with Crippen LogP contribution in [0.1, 0.15) is 64.6 Å². The molecule has 0 bridgehead atoms. The van der Waals surface area contributed by atoms with Gasteiger partial charge in [0.25, 0.3) is 5.91 Å². The maximum atomic E-state index is 13.5. The summed E-state index contributed by atoms with van der Waals surface area (Å²) in [6, 6.07) is 8.89. The van der Waals surface area contributed by atoms with Crippen molar-refractivity contribution in [3.05, 3.63) is 70.1 Å². The molecule has 1 aromatic carbocycles. The summed E-state index contributed by atoms with van der Waals surface area (Å²) in [5, 5.41) is 7.83. The molecule has 1 fully saturated rings. The molecule has 1 aromatic heterocycles. The minimum absolute atomic E-state index is 0.000212.